The number of carbonyl (C=O) groups excluding carboxylic acids is 1. The van der Waals surface area contributed by atoms with Crippen molar-refractivity contribution in [3.8, 4) is 0 Å². The first-order chi connectivity index (χ1) is 11.9. The van der Waals surface area contributed by atoms with Gasteiger partial charge in [0.2, 0.25) is 0 Å². The van der Waals surface area contributed by atoms with Crippen LogP contribution in [0.4, 0.5) is 4.79 Å². The molecular formula is C19H21ClN2O3. The average Bonchev–Trinajstić information content (AvgIpc) is 2.59. The maximum Gasteiger partial charge on any atom is 0.317 e. The normalized spacial score (nSPS) is 12.9. The molecule has 0 fully saturated rings. The molecule has 0 radical (unpaired) electrons. The Balaban J connectivity index is 2.22. The van der Waals surface area contributed by atoms with E-state index in [9.17, 15) is 9.59 Å². The lowest BCUT2D eigenvalue weighted by atomic mass is 9.99. The number of benzene rings is 2. The van der Waals surface area contributed by atoms with Crippen LogP contribution in [0.1, 0.15) is 24.1 Å². The summed E-state index contributed by atoms with van der Waals surface area (Å²) in [5, 5.41) is 12.5. The summed E-state index contributed by atoms with van der Waals surface area (Å²) in [6.45, 7) is 1.69. The van der Waals surface area contributed by atoms with Crippen LogP contribution in [0.15, 0.2) is 54.6 Å². The minimum absolute atomic E-state index is 0.123. The minimum atomic E-state index is -0.936. The zero-order valence-corrected chi connectivity index (χ0v) is 14.9. The van der Waals surface area contributed by atoms with E-state index in [4.69, 9.17) is 16.7 Å². The van der Waals surface area contributed by atoms with Crippen molar-refractivity contribution in [3.63, 3.8) is 0 Å². The second-order valence-corrected chi connectivity index (χ2v) is 6.40. The van der Waals surface area contributed by atoms with E-state index in [0.717, 1.165) is 11.1 Å². The van der Waals surface area contributed by atoms with Crippen LogP contribution in [0.5, 0.6) is 0 Å². The summed E-state index contributed by atoms with van der Waals surface area (Å²) in [7, 11) is 1.58. The highest BCUT2D eigenvalue weighted by molar-refractivity contribution is 6.30. The second-order valence-electron chi connectivity index (χ2n) is 5.97. The Kier molecular flexibility index (Phi) is 6.42. The Labute approximate surface area is 152 Å². The van der Waals surface area contributed by atoms with E-state index in [1.54, 1.807) is 26.1 Å². The summed E-state index contributed by atoms with van der Waals surface area (Å²) in [5.74, 6) is -1.58. The summed E-state index contributed by atoms with van der Waals surface area (Å²) in [4.78, 5) is 24.9. The standard InChI is InChI=1S/C19H21ClN2O3/c1-13(18(23)24)12-22(2)19(25)21-17(14-7-4-3-5-8-14)15-9-6-10-16(20)11-15/h3-11,13,17H,12H2,1-2H3,(H,21,25)(H,23,24). The molecule has 2 amide bonds. The topological polar surface area (TPSA) is 69.6 Å². The quantitative estimate of drug-likeness (QED) is 0.823. The minimum Gasteiger partial charge on any atom is -0.481 e. The first-order valence-corrected chi connectivity index (χ1v) is 8.31. The first-order valence-electron chi connectivity index (χ1n) is 7.93. The number of carbonyl (C=O) groups is 2. The fraction of sp³-hybridized carbons (Fsp3) is 0.263. The van der Waals surface area contributed by atoms with Gasteiger partial charge in [-0.05, 0) is 23.3 Å². The van der Waals surface area contributed by atoms with Gasteiger partial charge in [0, 0.05) is 18.6 Å². The van der Waals surface area contributed by atoms with E-state index >= 15 is 0 Å². The lowest BCUT2D eigenvalue weighted by Crippen LogP contribution is -2.42. The third kappa shape index (κ3) is 5.22. The number of urea groups is 1. The lowest BCUT2D eigenvalue weighted by Gasteiger charge is -2.25. The van der Waals surface area contributed by atoms with Crippen LogP contribution in [-0.4, -0.2) is 35.6 Å². The molecular weight excluding hydrogens is 340 g/mol. The molecule has 0 saturated carbocycles. The summed E-state index contributed by atoms with van der Waals surface area (Å²) in [5.41, 5.74) is 1.77. The maximum absolute atomic E-state index is 12.5. The van der Waals surface area contributed by atoms with Gasteiger partial charge in [0.05, 0.1) is 12.0 Å². The van der Waals surface area contributed by atoms with Crippen LogP contribution in [0.3, 0.4) is 0 Å². The highest BCUT2D eigenvalue weighted by Crippen LogP contribution is 2.24. The number of carboxylic acids is 1. The molecule has 5 nitrogen and oxygen atoms in total. The molecule has 2 aromatic rings. The smallest absolute Gasteiger partial charge is 0.317 e. The van der Waals surface area contributed by atoms with Crippen LogP contribution in [0.25, 0.3) is 0 Å². The van der Waals surface area contributed by atoms with Gasteiger partial charge in [0.25, 0.3) is 0 Å². The van der Waals surface area contributed by atoms with Gasteiger partial charge in [-0.2, -0.15) is 0 Å². The van der Waals surface area contributed by atoms with Crippen molar-refractivity contribution in [2.75, 3.05) is 13.6 Å². The largest absolute Gasteiger partial charge is 0.481 e. The number of nitrogens with zero attached hydrogens (tertiary/aromatic N) is 1. The van der Waals surface area contributed by atoms with Crippen molar-refractivity contribution in [2.45, 2.75) is 13.0 Å². The average molecular weight is 361 g/mol. The number of nitrogens with one attached hydrogen (secondary N) is 1. The first kappa shape index (κ1) is 18.8. The molecule has 0 aliphatic heterocycles. The molecule has 0 aromatic heterocycles. The van der Waals surface area contributed by atoms with Gasteiger partial charge in [-0.25, -0.2) is 4.79 Å². The van der Waals surface area contributed by atoms with E-state index in [2.05, 4.69) is 5.32 Å². The van der Waals surface area contributed by atoms with E-state index in [-0.39, 0.29) is 18.6 Å². The van der Waals surface area contributed by atoms with Crippen molar-refractivity contribution < 1.29 is 14.7 Å². The zero-order valence-electron chi connectivity index (χ0n) is 14.1. The lowest BCUT2D eigenvalue weighted by molar-refractivity contribution is -0.141. The molecule has 6 heteroatoms. The van der Waals surface area contributed by atoms with Gasteiger partial charge in [-0.3, -0.25) is 4.79 Å². The molecule has 2 rings (SSSR count). The van der Waals surface area contributed by atoms with Gasteiger partial charge in [0.1, 0.15) is 0 Å². The van der Waals surface area contributed by atoms with Gasteiger partial charge < -0.3 is 15.3 Å². The SMILES string of the molecule is CC(CN(C)C(=O)NC(c1ccccc1)c1cccc(Cl)c1)C(=O)O. The van der Waals surface area contributed by atoms with Crippen molar-refractivity contribution >= 4 is 23.6 Å². The predicted molar refractivity (Wildman–Crippen MR) is 97.7 cm³/mol. The monoisotopic (exact) mass is 360 g/mol. The van der Waals surface area contributed by atoms with Crippen LogP contribution in [-0.2, 0) is 4.79 Å². The van der Waals surface area contributed by atoms with E-state index in [1.807, 2.05) is 42.5 Å². The maximum atomic E-state index is 12.5. The molecule has 0 saturated heterocycles. The highest BCUT2D eigenvalue weighted by atomic mass is 35.5. The van der Waals surface area contributed by atoms with Crippen molar-refractivity contribution in [1.82, 2.24) is 10.2 Å². The van der Waals surface area contributed by atoms with Gasteiger partial charge in [-0.1, -0.05) is 61.0 Å². The Morgan fingerprint density at radius 1 is 1.12 bits per heavy atom. The summed E-state index contributed by atoms with van der Waals surface area (Å²) in [6.07, 6.45) is 0. The molecule has 0 aliphatic carbocycles. The number of hydrogen-bond donors (Lipinski definition) is 2. The van der Waals surface area contributed by atoms with Gasteiger partial charge in [0.15, 0.2) is 0 Å². The third-order valence-electron chi connectivity index (χ3n) is 3.90. The summed E-state index contributed by atoms with van der Waals surface area (Å²) < 4.78 is 0. The third-order valence-corrected chi connectivity index (χ3v) is 4.13. The molecule has 132 valence electrons. The molecule has 2 N–H and O–H groups in total. The van der Waals surface area contributed by atoms with Crippen molar-refractivity contribution in [1.29, 1.82) is 0 Å². The van der Waals surface area contributed by atoms with Crippen molar-refractivity contribution in [2.24, 2.45) is 5.92 Å². The van der Waals surface area contributed by atoms with Crippen LogP contribution < -0.4 is 5.32 Å². The van der Waals surface area contributed by atoms with Gasteiger partial charge in [-0.15, -0.1) is 0 Å². The summed E-state index contributed by atoms with van der Waals surface area (Å²) in [6, 6.07) is 16.1. The molecule has 2 aromatic carbocycles. The molecule has 0 aliphatic rings. The molecule has 2 atom stereocenters. The molecule has 2 unspecified atom stereocenters. The number of aliphatic carboxylic acids is 1. The van der Waals surface area contributed by atoms with Crippen LogP contribution in [0.2, 0.25) is 5.02 Å². The fourth-order valence-corrected chi connectivity index (χ4v) is 2.69. The van der Waals surface area contributed by atoms with E-state index in [0.29, 0.717) is 5.02 Å². The van der Waals surface area contributed by atoms with E-state index in [1.165, 1.54) is 4.90 Å². The van der Waals surface area contributed by atoms with Gasteiger partial charge >= 0.3 is 12.0 Å². The summed E-state index contributed by atoms with van der Waals surface area (Å²) >= 11 is 6.09. The predicted octanol–water partition coefficient (Wildman–Crippen LogP) is 3.79. The molecule has 0 spiro atoms. The molecule has 25 heavy (non-hydrogen) atoms. The Morgan fingerprint density at radius 2 is 1.76 bits per heavy atom. The number of hydrogen-bond acceptors (Lipinski definition) is 2. The Hall–Kier alpha value is -2.53. The Morgan fingerprint density at radius 3 is 2.36 bits per heavy atom. The van der Waals surface area contributed by atoms with Crippen LogP contribution >= 0.6 is 11.6 Å². The number of halogens is 1. The molecule has 0 bridgehead atoms. The zero-order chi connectivity index (χ0) is 18.4. The highest BCUT2D eigenvalue weighted by Gasteiger charge is 2.22. The Bertz CT molecular complexity index is 736. The van der Waals surface area contributed by atoms with Crippen LogP contribution in [0, 0.1) is 5.92 Å². The fourth-order valence-electron chi connectivity index (χ4n) is 2.50. The number of amides is 2. The number of carboxylic acid groups (broad SMARTS) is 1. The van der Waals surface area contributed by atoms with Crippen molar-refractivity contribution in [3.05, 3.63) is 70.7 Å². The molecule has 0 heterocycles. The second kappa shape index (κ2) is 8.53. The van der Waals surface area contributed by atoms with E-state index < -0.39 is 11.9 Å². The number of rotatable bonds is 6.